The molecule has 3 unspecified atom stereocenters. The Labute approximate surface area is 112 Å². The topological polar surface area (TPSA) is 12.0 Å². The van der Waals surface area contributed by atoms with Crippen molar-refractivity contribution in [3.05, 3.63) is 35.9 Å². The average Bonchev–Trinajstić information content (AvgIpc) is 2.81. The van der Waals surface area contributed by atoms with Crippen LogP contribution >= 0.6 is 0 Å². The van der Waals surface area contributed by atoms with Gasteiger partial charge in [-0.25, -0.2) is 0 Å². The third-order valence-electron chi connectivity index (χ3n) is 4.36. The van der Waals surface area contributed by atoms with Crippen LogP contribution in [0.15, 0.2) is 30.3 Å². The first-order valence-corrected chi connectivity index (χ1v) is 7.51. The van der Waals surface area contributed by atoms with Crippen molar-refractivity contribution in [1.29, 1.82) is 0 Å². The molecule has 0 aromatic heterocycles. The van der Waals surface area contributed by atoms with Gasteiger partial charge in [0.05, 0.1) is 0 Å². The summed E-state index contributed by atoms with van der Waals surface area (Å²) in [6.07, 6.45) is 5.54. The van der Waals surface area contributed by atoms with Gasteiger partial charge in [0.1, 0.15) is 0 Å². The molecule has 1 aliphatic rings. The van der Waals surface area contributed by atoms with Crippen molar-refractivity contribution in [3.8, 4) is 0 Å². The molecule has 0 heterocycles. The van der Waals surface area contributed by atoms with Crippen molar-refractivity contribution in [3.63, 3.8) is 0 Å². The van der Waals surface area contributed by atoms with E-state index in [-0.39, 0.29) is 0 Å². The van der Waals surface area contributed by atoms with Crippen LogP contribution in [0.2, 0.25) is 0 Å². The van der Waals surface area contributed by atoms with Crippen molar-refractivity contribution >= 4 is 0 Å². The number of nitrogens with one attached hydrogen (secondary N) is 1. The van der Waals surface area contributed by atoms with Crippen LogP contribution in [0.1, 0.15) is 51.0 Å². The number of hydrogen-bond acceptors (Lipinski definition) is 1. The van der Waals surface area contributed by atoms with E-state index < -0.39 is 0 Å². The van der Waals surface area contributed by atoms with Gasteiger partial charge in [-0.15, -0.1) is 0 Å². The fraction of sp³-hybridized carbons (Fsp3) is 0.647. The molecule has 1 nitrogen and oxygen atoms in total. The summed E-state index contributed by atoms with van der Waals surface area (Å²) in [6, 6.07) is 10.8. The van der Waals surface area contributed by atoms with Gasteiger partial charge in [0.25, 0.3) is 0 Å². The Morgan fingerprint density at radius 2 is 2.00 bits per heavy atom. The molecule has 0 spiro atoms. The van der Waals surface area contributed by atoms with E-state index in [0.29, 0.717) is 5.92 Å². The van der Waals surface area contributed by atoms with E-state index in [2.05, 4.69) is 49.5 Å². The second kappa shape index (κ2) is 6.94. The molecule has 1 aliphatic carbocycles. The first-order chi connectivity index (χ1) is 8.75. The van der Waals surface area contributed by atoms with Crippen molar-refractivity contribution < 1.29 is 0 Å². The van der Waals surface area contributed by atoms with E-state index in [1.54, 1.807) is 0 Å². The van der Waals surface area contributed by atoms with E-state index in [1.165, 1.54) is 37.8 Å². The van der Waals surface area contributed by atoms with Crippen LogP contribution in [-0.2, 0) is 0 Å². The zero-order chi connectivity index (χ0) is 12.8. The summed E-state index contributed by atoms with van der Waals surface area (Å²) in [7, 11) is 0. The molecule has 18 heavy (non-hydrogen) atoms. The van der Waals surface area contributed by atoms with Gasteiger partial charge in [0.15, 0.2) is 0 Å². The zero-order valence-corrected chi connectivity index (χ0v) is 11.9. The Morgan fingerprint density at radius 1 is 1.22 bits per heavy atom. The minimum Gasteiger partial charge on any atom is -0.316 e. The molecular weight excluding hydrogens is 218 g/mol. The van der Waals surface area contributed by atoms with Gasteiger partial charge in [0, 0.05) is 0 Å². The minimum atomic E-state index is 0.668. The summed E-state index contributed by atoms with van der Waals surface area (Å²) in [4.78, 5) is 0. The standard InChI is InChI=1S/C17H27N/c1-14-8-9-16(12-14)13-18-11-10-15(2)17-6-4-3-5-7-17/h3-7,14-16,18H,8-13H2,1-2H3. The zero-order valence-electron chi connectivity index (χ0n) is 11.9. The van der Waals surface area contributed by atoms with Crippen LogP contribution in [0.3, 0.4) is 0 Å². The Balaban J connectivity index is 1.61. The molecule has 0 radical (unpaired) electrons. The fourth-order valence-electron chi connectivity index (χ4n) is 3.08. The second-order valence-electron chi connectivity index (χ2n) is 6.09. The average molecular weight is 245 g/mol. The summed E-state index contributed by atoms with van der Waals surface area (Å²) in [5.41, 5.74) is 1.47. The molecule has 1 N–H and O–H groups in total. The quantitative estimate of drug-likeness (QED) is 0.740. The Morgan fingerprint density at radius 3 is 2.67 bits per heavy atom. The van der Waals surface area contributed by atoms with E-state index in [4.69, 9.17) is 0 Å². The lowest BCUT2D eigenvalue weighted by molar-refractivity contribution is 0.461. The van der Waals surface area contributed by atoms with Gasteiger partial charge in [-0.1, -0.05) is 50.6 Å². The maximum Gasteiger partial charge on any atom is -0.00204 e. The van der Waals surface area contributed by atoms with Gasteiger partial charge < -0.3 is 5.32 Å². The SMILES string of the molecule is CC1CCC(CNCCC(C)c2ccccc2)C1. The van der Waals surface area contributed by atoms with Gasteiger partial charge in [-0.2, -0.15) is 0 Å². The van der Waals surface area contributed by atoms with E-state index in [9.17, 15) is 0 Å². The van der Waals surface area contributed by atoms with Crippen LogP contribution < -0.4 is 5.32 Å². The highest BCUT2D eigenvalue weighted by Crippen LogP contribution is 2.29. The molecule has 0 aliphatic heterocycles. The summed E-state index contributed by atoms with van der Waals surface area (Å²) in [5, 5.41) is 3.65. The normalized spacial score (nSPS) is 25.2. The molecule has 1 heteroatoms. The van der Waals surface area contributed by atoms with Gasteiger partial charge in [0.2, 0.25) is 0 Å². The van der Waals surface area contributed by atoms with Crippen LogP contribution in [0, 0.1) is 11.8 Å². The first kappa shape index (κ1) is 13.6. The lowest BCUT2D eigenvalue weighted by Crippen LogP contribution is -2.23. The molecule has 100 valence electrons. The van der Waals surface area contributed by atoms with Crippen molar-refractivity contribution in [2.24, 2.45) is 11.8 Å². The Hall–Kier alpha value is -0.820. The molecule has 0 bridgehead atoms. The summed E-state index contributed by atoms with van der Waals surface area (Å²) >= 11 is 0. The van der Waals surface area contributed by atoms with E-state index in [0.717, 1.165) is 18.4 Å². The molecule has 0 saturated heterocycles. The lowest BCUT2D eigenvalue weighted by Gasteiger charge is -2.14. The summed E-state index contributed by atoms with van der Waals surface area (Å²) < 4.78 is 0. The highest BCUT2D eigenvalue weighted by atomic mass is 14.9. The molecular formula is C17H27N. The minimum absolute atomic E-state index is 0.668. The maximum atomic E-state index is 3.65. The maximum absolute atomic E-state index is 3.65. The van der Waals surface area contributed by atoms with Crippen LogP contribution in [0.5, 0.6) is 0 Å². The predicted octanol–water partition coefficient (Wildman–Crippen LogP) is 4.21. The number of rotatable bonds is 6. The van der Waals surface area contributed by atoms with E-state index in [1.807, 2.05) is 0 Å². The van der Waals surface area contributed by atoms with Crippen molar-refractivity contribution in [2.45, 2.75) is 45.4 Å². The molecule has 1 aromatic rings. The van der Waals surface area contributed by atoms with Gasteiger partial charge in [-0.3, -0.25) is 0 Å². The monoisotopic (exact) mass is 245 g/mol. The smallest absolute Gasteiger partial charge is 0.00204 e. The molecule has 0 amide bonds. The molecule has 1 fully saturated rings. The van der Waals surface area contributed by atoms with Crippen molar-refractivity contribution in [2.75, 3.05) is 13.1 Å². The summed E-state index contributed by atoms with van der Waals surface area (Å²) in [6.45, 7) is 7.10. The van der Waals surface area contributed by atoms with Gasteiger partial charge >= 0.3 is 0 Å². The number of benzene rings is 1. The molecule has 2 rings (SSSR count). The highest BCUT2D eigenvalue weighted by molar-refractivity contribution is 5.18. The van der Waals surface area contributed by atoms with Crippen LogP contribution in [0.25, 0.3) is 0 Å². The Kier molecular flexibility index (Phi) is 5.25. The number of hydrogen-bond donors (Lipinski definition) is 1. The summed E-state index contributed by atoms with van der Waals surface area (Å²) in [5.74, 6) is 2.56. The van der Waals surface area contributed by atoms with Crippen LogP contribution in [-0.4, -0.2) is 13.1 Å². The largest absolute Gasteiger partial charge is 0.316 e. The lowest BCUT2D eigenvalue weighted by atomic mass is 9.98. The van der Waals surface area contributed by atoms with E-state index >= 15 is 0 Å². The predicted molar refractivity (Wildman–Crippen MR) is 78.8 cm³/mol. The highest BCUT2D eigenvalue weighted by Gasteiger charge is 2.20. The Bertz CT molecular complexity index is 333. The second-order valence-corrected chi connectivity index (χ2v) is 6.09. The fourth-order valence-corrected chi connectivity index (χ4v) is 3.08. The third kappa shape index (κ3) is 4.13. The van der Waals surface area contributed by atoms with Crippen molar-refractivity contribution in [1.82, 2.24) is 5.32 Å². The molecule has 1 aromatic carbocycles. The van der Waals surface area contributed by atoms with Gasteiger partial charge in [-0.05, 0) is 55.7 Å². The van der Waals surface area contributed by atoms with Crippen LogP contribution in [0.4, 0.5) is 0 Å². The molecule has 3 atom stereocenters. The molecule has 1 saturated carbocycles. The third-order valence-corrected chi connectivity index (χ3v) is 4.36. The first-order valence-electron chi connectivity index (χ1n) is 7.51.